The molecular weight excluding hydrogens is 180 g/mol. The molecule has 0 aromatic rings. The standard InChI is InChI=1S/C10H20N2O2/c1-5-12(4)9(13)11-10(3)6-7-14-8(10)2/h8H,5-7H2,1-4H3,(H,11,13). The molecule has 0 aromatic heterocycles. The fourth-order valence-corrected chi connectivity index (χ4v) is 1.48. The highest BCUT2D eigenvalue weighted by Crippen LogP contribution is 2.25. The molecule has 0 spiro atoms. The number of ether oxygens (including phenoxy) is 1. The maximum absolute atomic E-state index is 11.6. The van der Waals surface area contributed by atoms with Crippen molar-refractivity contribution in [2.45, 2.75) is 38.8 Å². The smallest absolute Gasteiger partial charge is 0.317 e. The van der Waals surface area contributed by atoms with Gasteiger partial charge < -0.3 is 15.0 Å². The summed E-state index contributed by atoms with van der Waals surface area (Å²) in [6.45, 7) is 7.44. The van der Waals surface area contributed by atoms with E-state index in [1.54, 1.807) is 11.9 Å². The van der Waals surface area contributed by atoms with Gasteiger partial charge >= 0.3 is 6.03 Å². The van der Waals surface area contributed by atoms with Gasteiger partial charge in [0.2, 0.25) is 0 Å². The summed E-state index contributed by atoms with van der Waals surface area (Å²) in [6.07, 6.45) is 0.981. The SMILES string of the molecule is CCN(C)C(=O)NC1(C)CCOC1C. The Labute approximate surface area is 85.6 Å². The topological polar surface area (TPSA) is 41.6 Å². The normalized spacial score (nSPS) is 31.6. The molecule has 0 aromatic carbocycles. The van der Waals surface area contributed by atoms with E-state index in [0.717, 1.165) is 19.6 Å². The van der Waals surface area contributed by atoms with Crippen LogP contribution in [0.4, 0.5) is 4.79 Å². The number of carbonyl (C=O) groups excluding carboxylic acids is 1. The summed E-state index contributed by atoms with van der Waals surface area (Å²) >= 11 is 0. The van der Waals surface area contributed by atoms with E-state index in [2.05, 4.69) is 5.32 Å². The van der Waals surface area contributed by atoms with Gasteiger partial charge in [-0.05, 0) is 27.2 Å². The van der Waals surface area contributed by atoms with E-state index >= 15 is 0 Å². The summed E-state index contributed by atoms with van der Waals surface area (Å²) in [7, 11) is 1.79. The fraction of sp³-hybridized carbons (Fsp3) is 0.900. The van der Waals surface area contributed by atoms with Gasteiger partial charge in [-0.25, -0.2) is 4.79 Å². The van der Waals surface area contributed by atoms with Gasteiger partial charge in [0, 0.05) is 20.2 Å². The minimum Gasteiger partial charge on any atom is -0.376 e. The van der Waals surface area contributed by atoms with Gasteiger partial charge in [-0.1, -0.05) is 0 Å². The van der Waals surface area contributed by atoms with Crippen molar-refractivity contribution in [3.63, 3.8) is 0 Å². The molecule has 0 aliphatic carbocycles. The van der Waals surface area contributed by atoms with Crippen LogP contribution in [0.1, 0.15) is 27.2 Å². The third-order valence-corrected chi connectivity index (χ3v) is 3.10. The van der Waals surface area contributed by atoms with Gasteiger partial charge in [0.1, 0.15) is 0 Å². The molecule has 1 heterocycles. The summed E-state index contributed by atoms with van der Waals surface area (Å²) in [6, 6.07) is -0.0210. The lowest BCUT2D eigenvalue weighted by atomic mass is 9.95. The van der Waals surface area contributed by atoms with Crippen molar-refractivity contribution >= 4 is 6.03 Å². The molecule has 1 aliphatic rings. The third-order valence-electron chi connectivity index (χ3n) is 3.10. The van der Waals surface area contributed by atoms with Crippen LogP contribution in [0.5, 0.6) is 0 Å². The van der Waals surface area contributed by atoms with Crippen molar-refractivity contribution in [1.82, 2.24) is 10.2 Å². The largest absolute Gasteiger partial charge is 0.376 e. The van der Waals surface area contributed by atoms with Gasteiger partial charge in [-0.3, -0.25) is 0 Å². The highest BCUT2D eigenvalue weighted by atomic mass is 16.5. The Kier molecular flexibility index (Phi) is 3.37. The van der Waals surface area contributed by atoms with Gasteiger partial charge in [-0.2, -0.15) is 0 Å². The minimum atomic E-state index is -0.208. The molecule has 2 atom stereocenters. The Morgan fingerprint density at radius 3 is 2.79 bits per heavy atom. The van der Waals surface area contributed by atoms with Crippen LogP contribution in [-0.4, -0.2) is 42.8 Å². The van der Waals surface area contributed by atoms with Gasteiger partial charge in [0.15, 0.2) is 0 Å². The Balaban J connectivity index is 2.54. The van der Waals surface area contributed by atoms with Gasteiger partial charge in [0.05, 0.1) is 11.6 Å². The number of amides is 2. The zero-order valence-electron chi connectivity index (χ0n) is 9.46. The van der Waals surface area contributed by atoms with Crippen molar-refractivity contribution in [1.29, 1.82) is 0 Å². The number of urea groups is 1. The Hall–Kier alpha value is -0.770. The number of hydrogen-bond donors (Lipinski definition) is 1. The molecule has 14 heavy (non-hydrogen) atoms. The van der Waals surface area contributed by atoms with Crippen molar-refractivity contribution in [2.24, 2.45) is 0 Å². The second-order valence-electron chi connectivity index (χ2n) is 4.12. The van der Waals surface area contributed by atoms with Crippen molar-refractivity contribution in [3.05, 3.63) is 0 Å². The molecule has 1 aliphatic heterocycles. The second-order valence-corrected chi connectivity index (χ2v) is 4.12. The number of rotatable bonds is 2. The molecule has 0 saturated carbocycles. The Morgan fingerprint density at radius 1 is 1.71 bits per heavy atom. The molecule has 4 heteroatoms. The summed E-state index contributed by atoms with van der Waals surface area (Å²) < 4.78 is 5.45. The summed E-state index contributed by atoms with van der Waals surface area (Å²) in [5.74, 6) is 0. The Bertz CT molecular complexity index is 220. The number of hydrogen-bond acceptors (Lipinski definition) is 2. The molecule has 0 bridgehead atoms. The van der Waals surface area contributed by atoms with Crippen molar-refractivity contribution in [3.8, 4) is 0 Å². The molecule has 1 fully saturated rings. The van der Waals surface area contributed by atoms with E-state index < -0.39 is 0 Å². The lowest BCUT2D eigenvalue weighted by molar-refractivity contribution is 0.0889. The predicted molar refractivity (Wildman–Crippen MR) is 55.3 cm³/mol. The minimum absolute atomic E-state index is 0.0210. The highest BCUT2D eigenvalue weighted by Gasteiger charge is 2.38. The molecule has 4 nitrogen and oxygen atoms in total. The second kappa shape index (κ2) is 4.17. The molecule has 0 radical (unpaired) electrons. The monoisotopic (exact) mass is 200 g/mol. The molecule has 82 valence electrons. The highest BCUT2D eigenvalue weighted by molar-refractivity contribution is 5.74. The van der Waals surface area contributed by atoms with Gasteiger partial charge in [-0.15, -0.1) is 0 Å². The van der Waals surface area contributed by atoms with Crippen LogP contribution < -0.4 is 5.32 Å². The van der Waals surface area contributed by atoms with Crippen LogP contribution in [-0.2, 0) is 4.74 Å². The van der Waals surface area contributed by atoms with Gasteiger partial charge in [0.25, 0.3) is 0 Å². The average molecular weight is 200 g/mol. The first-order valence-electron chi connectivity index (χ1n) is 5.14. The van der Waals surface area contributed by atoms with Crippen LogP contribution in [0.15, 0.2) is 0 Å². The van der Waals surface area contributed by atoms with E-state index in [9.17, 15) is 4.79 Å². The lowest BCUT2D eigenvalue weighted by Gasteiger charge is -2.31. The zero-order valence-corrected chi connectivity index (χ0v) is 9.46. The van der Waals surface area contributed by atoms with Crippen LogP contribution in [0.25, 0.3) is 0 Å². The van der Waals surface area contributed by atoms with E-state index in [4.69, 9.17) is 4.74 Å². The first-order chi connectivity index (χ1) is 6.49. The predicted octanol–water partition coefficient (Wildman–Crippen LogP) is 1.22. The first-order valence-corrected chi connectivity index (χ1v) is 5.14. The molecule has 2 unspecified atom stereocenters. The maximum atomic E-state index is 11.6. The molecular formula is C10H20N2O2. The van der Waals surface area contributed by atoms with Crippen molar-refractivity contribution < 1.29 is 9.53 Å². The van der Waals surface area contributed by atoms with E-state index in [1.807, 2.05) is 20.8 Å². The molecule has 1 rings (SSSR count). The number of nitrogens with one attached hydrogen (secondary N) is 1. The maximum Gasteiger partial charge on any atom is 0.317 e. The summed E-state index contributed by atoms with van der Waals surface area (Å²) in [5, 5.41) is 3.02. The fourth-order valence-electron chi connectivity index (χ4n) is 1.48. The van der Waals surface area contributed by atoms with Crippen molar-refractivity contribution in [2.75, 3.05) is 20.2 Å². The number of nitrogens with zero attached hydrogens (tertiary/aromatic N) is 1. The van der Waals surface area contributed by atoms with Crippen LogP contribution in [0.3, 0.4) is 0 Å². The van der Waals surface area contributed by atoms with E-state index in [1.165, 1.54) is 0 Å². The Morgan fingerprint density at radius 2 is 2.36 bits per heavy atom. The first kappa shape index (κ1) is 11.3. The summed E-state index contributed by atoms with van der Waals surface area (Å²) in [5.41, 5.74) is -0.208. The molecule has 2 amide bonds. The average Bonchev–Trinajstić information content (AvgIpc) is 2.45. The lowest BCUT2D eigenvalue weighted by Crippen LogP contribution is -2.54. The van der Waals surface area contributed by atoms with E-state index in [0.29, 0.717) is 0 Å². The molecule has 1 saturated heterocycles. The van der Waals surface area contributed by atoms with Crippen LogP contribution in [0.2, 0.25) is 0 Å². The quantitative estimate of drug-likeness (QED) is 0.728. The van der Waals surface area contributed by atoms with E-state index in [-0.39, 0.29) is 17.7 Å². The van der Waals surface area contributed by atoms with Crippen LogP contribution in [0, 0.1) is 0 Å². The third kappa shape index (κ3) is 2.18. The van der Waals surface area contributed by atoms with Crippen LogP contribution >= 0.6 is 0 Å². The summed E-state index contributed by atoms with van der Waals surface area (Å²) in [4.78, 5) is 13.3. The zero-order chi connectivity index (χ0) is 10.8. The molecule has 1 N–H and O–H groups in total. The number of carbonyl (C=O) groups is 1.